The van der Waals surface area contributed by atoms with E-state index in [1.807, 2.05) is 6.07 Å². The Hall–Kier alpha value is -2.29. The molecule has 2 aromatic carbocycles. The molecule has 0 heterocycles. The highest BCUT2D eigenvalue weighted by atomic mass is 16.5. The van der Waals surface area contributed by atoms with Crippen LogP contribution in [-0.2, 0) is 0 Å². The van der Waals surface area contributed by atoms with Crippen LogP contribution < -0.4 is 4.74 Å². The number of benzene rings is 2. The summed E-state index contributed by atoms with van der Waals surface area (Å²) >= 11 is 0. The predicted octanol–water partition coefficient (Wildman–Crippen LogP) is 2.61. The molecule has 0 atom stereocenters. The van der Waals surface area contributed by atoms with Gasteiger partial charge in [-0.15, -0.1) is 0 Å². The Labute approximate surface area is 92.9 Å². The van der Waals surface area contributed by atoms with E-state index in [0.717, 1.165) is 0 Å². The number of phenolic OH excluding ortho intramolecular Hbond substituents is 1. The number of para-hydroxylation sites is 2. The van der Waals surface area contributed by atoms with E-state index in [4.69, 9.17) is 4.74 Å². The molecule has 0 aliphatic heterocycles. The monoisotopic (exact) mass is 214 g/mol. The first-order chi connectivity index (χ1) is 7.77. The van der Waals surface area contributed by atoms with Gasteiger partial charge in [0.25, 0.3) is 0 Å². The number of aromatic hydroxyl groups is 1. The van der Waals surface area contributed by atoms with Crippen molar-refractivity contribution in [1.29, 1.82) is 0 Å². The van der Waals surface area contributed by atoms with Gasteiger partial charge in [-0.25, -0.2) is 4.79 Å². The standard InChI is InChI=1S/C13H10O3/c14-11-8-4-5-9-12(11)16-13(15)10-6-2-1-3-7-10/h1-9,14H. The van der Waals surface area contributed by atoms with Gasteiger partial charge in [-0.2, -0.15) is 0 Å². The maximum Gasteiger partial charge on any atom is 0.343 e. The number of esters is 1. The van der Waals surface area contributed by atoms with Crippen LogP contribution in [0.4, 0.5) is 0 Å². The summed E-state index contributed by atoms with van der Waals surface area (Å²) in [5.41, 5.74) is 0.450. The number of carbonyl (C=O) groups excluding carboxylic acids is 1. The van der Waals surface area contributed by atoms with Crippen molar-refractivity contribution >= 4 is 5.97 Å². The molecule has 0 bridgehead atoms. The summed E-state index contributed by atoms with van der Waals surface area (Å²) < 4.78 is 5.04. The van der Waals surface area contributed by atoms with Crippen molar-refractivity contribution in [1.82, 2.24) is 0 Å². The van der Waals surface area contributed by atoms with Crippen LogP contribution in [0.25, 0.3) is 0 Å². The fourth-order valence-corrected chi connectivity index (χ4v) is 1.28. The molecule has 0 spiro atoms. The van der Waals surface area contributed by atoms with Gasteiger partial charge in [0.05, 0.1) is 5.56 Å². The maximum atomic E-state index is 11.6. The van der Waals surface area contributed by atoms with Gasteiger partial charge in [0.2, 0.25) is 0 Å². The molecule has 0 aromatic heterocycles. The zero-order valence-electron chi connectivity index (χ0n) is 8.46. The third kappa shape index (κ3) is 2.20. The van der Waals surface area contributed by atoms with E-state index in [2.05, 4.69) is 0 Å². The summed E-state index contributed by atoms with van der Waals surface area (Å²) in [5.74, 6) is -0.370. The van der Waals surface area contributed by atoms with E-state index >= 15 is 0 Å². The summed E-state index contributed by atoms with van der Waals surface area (Å²) in [5, 5.41) is 9.43. The second-order valence-corrected chi connectivity index (χ2v) is 3.22. The van der Waals surface area contributed by atoms with Gasteiger partial charge in [-0.05, 0) is 24.3 Å². The van der Waals surface area contributed by atoms with Crippen LogP contribution >= 0.6 is 0 Å². The van der Waals surface area contributed by atoms with Gasteiger partial charge in [-0.1, -0.05) is 30.3 Å². The lowest BCUT2D eigenvalue weighted by Gasteiger charge is -2.05. The molecule has 1 N–H and O–H groups in total. The molecular formula is C13H10O3. The van der Waals surface area contributed by atoms with Crippen LogP contribution in [0, 0.1) is 0 Å². The molecule has 0 aliphatic rings. The van der Waals surface area contributed by atoms with Crippen molar-refractivity contribution in [2.24, 2.45) is 0 Å². The van der Waals surface area contributed by atoms with E-state index in [9.17, 15) is 9.90 Å². The van der Waals surface area contributed by atoms with Gasteiger partial charge in [0.15, 0.2) is 11.5 Å². The highest BCUT2D eigenvalue weighted by Gasteiger charge is 2.09. The Morgan fingerprint density at radius 1 is 0.938 bits per heavy atom. The van der Waals surface area contributed by atoms with Crippen molar-refractivity contribution in [3.8, 4) is 11.5 Å². The number of carbonyl (C=O) groups is 1. The molecule has 0 radical (unpaired) electrons. The molecule has 0 amide bonds. The normalized spacial score (nSPS) is 9.75. The molecule has 2 rings (SSSR count). The summed E-state index contributed by atoms with van der Waals surface area (Å²) in [7, 11) is 0. The van der Waals surface area contributed by atoms with Crippen LogP contribution in [0.5, 0.6) is 11.5 Å². The van der Waals surface area contributed by atoms with Crippen LogP contribution in [0.2, 0.25) is 0 Å². The van der Waals surface area contributed by atoms with Gasteiger partial charge in [0, 0.05) is 0 Å². The van der Waals surface area contributed by atoms with E-state index in [-0.39, 0.29) is 11.5 Å². The number of hydrogen-bond donors (Lipinski definition) is 1. The Kier molecular flexibility index (Phi) is 2.87. The van der Waals surface area contributed by atoms with E-state index < -0.39 is 5.97 Å². The van der Waals surface area contributed by atoms with Crippen molar-refractivity contribution in [3.63, 3.8) is 0 Å². The first kappa shape index (κ1) is 10.2. The Morgan fingerprint density at radius 2 is 1.56 bits per heavy atom. The van der Waals surface area contributed by atoms with Crippen LogP contribution in [0.15, 0.2) is 54.6 Å². The highest BCUT2D eigenvalue weighted by Crippen LogP contribution is 2.25. The molecule has 0 unspecified atom stereocenters. The number of phenols is 1. The average molecular weight is 214 g/mol. The summed E-state index contributed by atoms with van der Waals surface area (Å²) in [6.07, 6.45) is 0. The third-order valence-electron chi connectivity index (χ3n) is 2.08. The molecule has 2 aromatic rings. The van der Waals surface area contributed by atoms with E-state index in [1.54, 1.807) is 36.4 Å². The largest absolute Gasteiger partial charge is 0.504 e. The van der Waals surface area contributed by atoms with Gasteiger partial charge in [0.1, 0.15) is 0 Å². The average Bonchev–Trinajstić information content (AvgIpc) is 2.33. The van der Waals surface area contributed by atoms with Crippen LogP contribution in [0.3, 0.4) is 0 Å². The first-order valence-corrected chi connectivity index (χ1v) is 4.82. The van der Waals surface area contributed by atoms with Crippen LogP contribution in [-0.4, -0.2) is 11.1 Å². The van der Waals surface area contributed by atoms with Crippen molar-refractivity contribution in [3.05, 3.63) is 60.2 Å². The number of hydrogen-bond acceptors (Lipinski definition) is 3. The Morgan fingerprint density at radius 3 is 2.25 bits per heavy atom. The fourth-order valence-electron chi connectivity index (χ4n) is 1.28. The van der Waals surface area contributed by atoms with Crippen molar-refractivity contribution < 1.29 is 14.6 Å². The molecule has 3 nitrogen and oxygen atoms in total. The summed E-state index contributed by atoms with van der Waals surface area (Å²) in [4.78, 5) is 11.6. The van der Waals surface area contributed by atoms with Gasteiger partial charge < -0.3 is 9.84 Å². The van der Waals surface area contributed by atoms with E-state index in [0.29, 0.717) is 5.56 Å². The molecule has 0 saturated heterocycles. The smallest absolute Gasteiger partial charge is 0.343 e. The molecule has 0 aliphatic carbocycles. The van der Waals surface area contributed by atoms with Crippen molar-refractivity contribution in [2.75, 3.05) is 0 Å². The van der Waals surface area contributed by atoms with Crippen molar-refractivity contribution in [2.45, 2.75) is 0 Å². The highest BCUT2D eigenvalue weighted by molar-refractivity contribution is 5.91. The number of rotatable bonds is 2. The minimum atomic E-state index is -0.484. The second kappa shape index (κ2) is 4.49. The topological polar surface area (TPSA) is 46.5 Å². The molecule has 0 fully saturated rings. The minimum Gasteiger partial charge on any atom is -0.504 e. The van der Waals surface area contributed by atoms with E-state index in [1.165, 1.54) is 12.1 Å². The zero-order chi connectivity index (χ0) is 11.4. The lowest BCUT2D eigenvalue weighted by atomic mass is 10.2. The number of ether oxygens (including phenoxy) is 1. The van der Waals surface area contributed by atoms with Gasteiger partial charge in [-0.3, -0.25) is 0 Å². The summed E-state index contributed by atoms with van der Waals surface area (Å²) in [6, 6.07) is 15.0. The molecule has 0 saturated carbocycles. The third-order valence-corrected chi connectivity index (χ3v) is 2.08. The summed E-state index contributed by atoms with van der Waals surface area (Å²) in [6.45, 7) is 0. The molecule has 80 valence electrons. The lowest BCUT2D eigenvalue weighted by molar-refractivity contribution is 0.0729. The first-order valence-electron chi connectivity index (χ1n) is 4.82. The quantitative estimate of drug-likeness (QED) is 0.617. The Balaban J connectivity index is 2.18. The second-order valence-electron chi connectivity index (χ2n) is 3.22. The minimum absolute atomic E-state index is 0.0493. The van der Waals surface area contributed by atoms with Crippen LogP contribution in [0.1, 0.15) is 10.4 Å². The predicted molar refractivity (Wildman–Crippen MR) is 59.5 cm³/mol. The van der Waals surface area contributed by atoms with Gasteiger partial charge >= 0.3 is 5.97 Å². The SMILES string of the molecule is O=C(Oc1ccccc1O)c1ccccc1. The maximum absolute atomic E-state index is 11.6. The molecular weight excluding hydrogens is 204 g/mol. The zero-order valence-corrected chi connectivity index (χ0v) is 8.46. The lowest BCUT2D eigenvalue weighted by Crippen LogP contribution is -2.08. The fraction of sp³-hybridized carbons (Fsp3) is 0. The molecule has 3 heteroatoms. The Bertz CT molecular complexity index is 492. The molecule has 16 heavy (non-hydrogen) atoms.